The lowest BCUT2D eigenvalue weighted by Gasteiger charge is -2.30. The molecular weight excluding hydrogens is 432 g/mol. The summed E-state index contributed by atoms with van der Waals surface area (Å²) in [5.41, 5.74) is -2.82. The number of rotatable bonds is 3. The largest absolute Gasteiger partial charge is 0.540 e. The van der Waals surface area contributed by atoms with Crippen LogP contribution in [0.15, 0.2) is 36.4 Å². The molecule has 0 saturated carbocycles. The zero-order chi connectivity index (χ0) is 22.3. The SMILES string of the molecule is O=C(NCc1cc(F)cc(C(F)(F)F)c1)Nc1ccc2c(c1)C(F)(F)OC(F)(F)O2. The first-order valence-corrected chi connectivity index (χ1v) is 7.96. The topological polar surface area (TPSA) is 59.6 Å². The number of amides is 2. The Kier molecular flexibility index (Phi) is 5.26. The number of carbonyl (C=O) groups excluding carboxylic acids is 1. The van der Waals surface area contributed by atoms with Crippen molar-refractivity contribution in [3.63, 3.8) is 0 Å². The Morgan fingerprint density at radius 1 is 1.03 bits per heavy atom. The first kappa shape index (κ1) is 21.6. The maximum absolute atomic E-state index is 13.7. The number of alkyl halides is 7. The average Bonchev–Trinajstić information content (AvgIpc) is 2.58. The second-order valence-electron chi connectivity index (χ2n) is 6.05. The fraction of sp³-hybridized carbons (Fsp3) is 0.235. The zero-order valence-electron chi connectivity index (χ0n) is 14.4. The Bertz CT molecular complexity index is 978. The Morgan fingerprint density at radius 3 is 2.40 bits per heavy atom. The highest BCUT2D eigenvalue weighted by atomic mass is 19.4. The molecule has 0 bridgehead atoms. The van der Waals surface area contributed by atoms with Crippen molar-refractivity contribution >= 4 is 11.7 Å². The normalized spacial score (nSPS) is 16.9. The van der Waals surface area contributed by atoms with Gasteiger partial charge in [0.05, 0.1) is 11.1 Å². The van der Waals surface area contributed by atoms with E-state index in [0.717, 1.165) is 18.2 Å². The van der Waals surface area contributed by atoms with Gasteiger partial charge in [-0.3, -0.25) is 0 Å². The smallest absolute Gasteiger partial charge is 0.409 e. The molecule has 0 radical (unpaired) electrons. The van der Waals surface area contributed by atoms with Crippen LogP contribution in [0.2, 0.25) is 0 Å². The van der Waals surface area contributed by atoms with Gasteiger partial charge in [-0.15, -0.1) is 8.78 Å². The van der Waals surface area contributed by atoms with Gasteiger partial charge in [-0.05, 0) is 42.0 Å². The molecule has 3 rings (SSSR count). The van der Waals surface area contributed by atoms with Crippen LogP contribution in [0.4, 0.5) is 45.6 Å². The minimum Gasteiger partial charge on any atom is -0.409 e. The van der Waals surface area contributed by atoms with E-state index in [-0.39, 0.29) is 17.3 Å². The minimum atomic E-state index is -4.80. The van der Waals surface area contributed by atoms with Gasteiger partial charge in [0, 0.05) is 12.2 Å². The molecule has 0 unspecified atom stereocenters. The van der Waals surface area contributed by atoms with Crippen molar-refractivity contribution in [3.8, 4) is 5.75 Å². The monoisotopic (exact) mass is 442 g/mol. The molecule has 0 atom stereocenters. The van der Waals surface area contributed by atoms with Crippen LogP contribution in [0.5, 0.6) is 5.75 Å². The molecule has 2 N–H and O–H groups in total. The molecule has 5 nitrogen and oxygen atoms in total. The van der Waals surface area contributed by atoms with Crippen LogP contribution in [0.1, 0.15) is 16.7 Å². The Labute approximate surface area is 162 Å². The van der Waals surface area contributed by atoms with E-state index < -0.39 is 53.8 Å². The molecule has 1 heterocycles. The molecule has 1 aliphatic heterocycles. The maximum atomic E-state index is 13.7. The van der Waals surface area contributed by atoms with Crippen LogP contribution in [-0.2, 0) is 23.6 Å². The third-order valence-electron chi connectivity index (χ3n) is 3.76. The maximum Gasteiger partial charge on any atom is 0.540 e. The Hall–Kier alpha value is -3.09. The predicted molar refractivity (Wildman–Crippen MR) is 84.3 cm³/mol. The van der Waals surface area contributed by atoms with Gasteiger partial charge >= 0.3 is 24.6 Å². The van der Waals surface area contributed by atoms with E-state index in [0.29, 0.717) is 12.1 Å². The summed E-state index contributed by atoms with van der Waals surface area (Å²) in [5, 5.41) is 4.20. The molecule has 162 valence electrons. The van der Waals surface area contributed by atoms with E-state index in [1.54, 1.807) is 0 Å². The van der Waals surface area contributed by atoms with Gasteiger partial charge in [-0.25, -0.2) is 13.9 Å². The summed E-state index contributed by atoms with van der Waals surface area (Å²) in [7, 11) is 0. The van der Waals surface area contributed by atoms with E-state index in [4.69, 9.17) is 0 Å². The Morgan fingerprint density at radius 2 is 1.73 bits per heavy atom. The third-order valence-corrected chi connectivity index (χ3v) is 3.76. The third kappa shape index (κ3) is 4.90. The van der Waals surface area contributed by atoms with Crippen LogP contribution in [0.3, 0.4) is 0 Å². The summed E-state index contributed by atoms with van der Waals surface area (Å²) < 4.78 is 112. The molecule has 0 spiro atoms. The van der Waals surface area contributed by atoms with Crippen molar-refractivity contribution in [2.45, 2.75) is 25.1 Å². The number of ether oxygens (including phenoxy) is 2. The number of hydrogen-bond acceptors (Lipinski definition) is 3. The molecule has 13 heteroatoms. The number of benzene rings is 2. The van der Waals surface area contributed by atoms with Crippen LogP contribution in [-0.4, -0.2) is 12.3 Å². The summed E-state index contributed by atoms with van der Waals surface area (Å²) >= 11 is 0. The van der Waals surface area contributed by atoms with Crippen molar-refractivity contribution in [1.82, 2.24) is 5.32 Å². The molecule has 0 saturated heterocycles. The van der Waals surface area contributed by atoms with Gasteiger partial charge in [-0.1, -0.05) is 0 Å². The van der Waals surface area contributed by atoms with Crippen molar-refractivity contribution < 1.29 is 49.4 Å². The molecule has 0 fully saturated rings. The van der Waals surface area contributed by atoms with Gasteiger partial charge in [-0.2, -0.15) is 22.0 Å². The molecule has 2 amide bonds. The molecule has 2 aromatic rings. The second kappa shape index (κ2) is 7.31. The first-order chi connectivity index (χ1) is 13.7. The van der Waals surface area contributed by atoms with Gasteiger partial charge < -0.3 is 15.4 Å². The van der Waals surface area contributed by atoms with Gasteiger partial charge in [0.15, 0.2) is 0 Å². The second-order valence-corrected chi connectivity index (χ2v) is 6.05. The number of anilines is 1. The molecule has 0 aromatic heterocycles. The fourth-order valence-corrected chi connectivity index (χ4v) is 2.55. The fourth-order valence-electron chi connectivity index (χ4n) is 2.55. The minimum absolute atomic E-state index is 0.210. The summed E-state index contributed by atoms with van der Waals surface area (Å²) in [6.45, 7) is -0.522. The standard InChI is InChI=1S/C17H10F8N2O3/c18-10-4-8(3-9(5-10)15(19,20)21)7-26-14(28)27-11-1-2-13-12(6-11)16(22,23)30-17(24,25)29-13/h1-6H,7H2,(H2,26,27,28). The van der Waals surface area contributed by atoms with Crippen molar-refractivity contribution in [1.29, 1.82) is 0 Å². The number of carbonyl (C=O) groups is 1. The zero-order valence-corrected chi connectivity index (χ0v) is 14.4. The lowest BCUT2D eigenvalue weighted by molar-refractivity contribution is -0.461. The van der Waals surface area contributed by atoms with Gasteiger partial charge in [0.2, 0.25) is 0 Å². The molecule has 0 aliphatic carbocycles. The lowest BCUT2D eigenvalue weighted by Crippen LogP contribution is -2.41. The lowest BCUT2D eigenvalue weighted by atomic mass is 10.1. The molecule has 30 heavy (non-hydrogen) atoms. The van der Waals surface area contributed by atoms with E-state index in [2.05, 4.69) is 20.1 Å². The number of fused-ring (bicyclic) bond motifs is 1. The van der Waals surface area contributed by atoms with E-state index >= 15 is 0 Å². The molecule has 1 aliphatic rings. The van der Waals surface area contributed by atoms with Crippen molar-refractivity contribution in [2.75, 3.05) is 5.32 Å². The van der Waals surface area contributed by atoms with E-state index in [1.165, 1.54) is 0 Å². The molecular formula is C17H10F8N2O3. The van der Waals surface area contributed by atoms with Crippen LogP contribution >= 0.6 is 0 Å². The summed E-state index contributed by atoms with van der Waals surface area (Å²) in [6, 6.07) is 2.97. The summed E-state index contributed by atoms with van der Waals surface area (Å²) in [6.07, 6.45) is -13.8. The number of nitrogens with one attached hydrogen (secondary N) is 2. The van der Waals surface area contributed by atoms with Crippen LogP contribution < -0.4 is 15.4 Å². The highest BCUT2D eigenvalue weighted by Gasteiger charge is 2.54. The van der Waals surface area contributed by atoms with Gasteiger partial charge in [0.1, 0.15) is 11.6 Å². The van der Waals surface area contributed by atoms with E-state index in [9.17, 15) is 39.9 Å². The summed E-state index contributed by atoms with van der Waals surface area (Å²) in [4.78, 5) is 11.9. The summed E-state index contributed by atoms with van der Waals surface area (Å²) in [5.74, 6) is -2.04. The molecule has 2 aromatic carbocycles. The van der Waals surface area contributed by atoms with E-state index in [1.807, 2.05) is 0 Å². The first-order valence-electron chi connectivity index (χ1n) is 7.96. The van der Waals surface area contributed by atoms with Crippen molar-refractivity contribution in [3.05, 3.63) is 58.9 Å². The highest BCUT2D eigenvalue weighted by Crippen LogP contribution is 2.46. The number of hydrogen-bond donors (Lipinski definition) is 2. The van der Waals surface area contributed by atoms with Crippen molar-refractivity contribution in [2.24, 2.45) is 0 Å². The number of urea groups is 1. The average molecular weight is 442 g/mol. The quantitative estimate of drug-likeness (QED) is 0.645. The highest BCUT2D eigenvalue weighted by molar-refractivity contribution is 5.89. The number of halogens is 8. The Balaban J connectivity index is 1.69. The van der Waals surface area contributed by atoms with Crippen LogP contribution in [0.25, 0.3) is 0 Å². The van der Waals surface area contributed by atoms with Gasteiger partial charge in [0.25, 0.3) is 0 Å². The predicted octanol–water partition coefficient (Wildman–Crippen LogP) is 5.17. The van der Waals surface area contributed by atoms with Crippen LogP contribution in [0, 0.1) is 5.82 Å².